The summed E-state index contributed by atoms with van der Waals surface area (Å²) in [4.78, 5) is 27.5. The number of alkyl halides is 3. The number of thioether (sulfide) groups is 1. The van der Waals surface area contributed by atoms with Crippen LogP contribution >= 0.6 is 11.8 Å². The lowest BCUT2D eigenvalue weighted by Crippen LogP contribution is -2.15. The van der Waals surface area contributed by atoms with E-state index in [1.807, 2.05) is 0 Å². The van der Waals surface area contributed by atoms with Gasteiger partial charge in [-0.2, -0.15) is 13.2 Å². The Balaban J connectivity index is 2.18. The summed E-state index contributed by atoms with van der Waals surface area (Å²) in [6, 6.07) is 9.17. The number of aromatic nitrogens is 1. The molecule has 0 aliphatic carbocycles. The minimum absolute atomic E-state index is 0.00459. The van der Waals surface area contributed by atoms with Crippen molar-refractivity contribution in [2.24, 2.45) is 0 Å². The van der Waals surface area contributed by atoms with Crippen LogP contribution in [0.4, 0.5) is 18.9 Å². The maximum Gasteiger partial charge on any atom is 0.398 e. The van der Waals surface area contributed by atoms with Crippen LogP contribution in [0.1, 0.15) is 27.6 Å². The number of halogens is 3. The summed E-state index contributed by atoms with van der Waals surface area (Å²) in [5.41, 5.74) is 0.842. The molecule has 0 radical (unpaired) electrons. The Labute approximate surface area is 140 Å². The molecular weight excluding hydrogens is 341 g/mol. The number of Topliss-reactive ketones (excluding diaryl/α,β-unsaturated/α-hetero) is 1. The number of anilines is 1. The normalized spacial score (nSPS) is 11.2. The second kappa shape index (κ2) is 7.48. The van der Waals surface area contributed by atoms with Crippen LogP contribution in [0.15, 0.2) is 47.6 Å². The molecule has 1 aromatic carbocycles. The molecule has 1 N–H and O–H groups in total. The van der Waals surface area contributed by atoms with Crippen LogP contribution in [0.5, 0.6) is 0 Å². The van der Waals surface area contributed by atoms with E-state index in [1.165, 1.54) is 31.3 Å². The van der Waals surface area contributed by atoms with E-state index in [0.29, 0.717) is 23.0 Å². The molecule has 8 heteroatoms. The van der Waals surface area contributed by atoms with Gasteiger partial charge < -0.3 is 5.32 Å². The largest absolute Gasteiger partial charge is 0.398 e. The van der Waals surface area contributed by atoms with Crippen molar-refractivity contribution in [1.82, 2.24) is 4.98 Å². The lowest BCUT2D eigenvalue weighted by molar-refractivity contribution is -0.105. The van der Waals surface area contributed by atoms with Gasteiger partial charge >= 0.3 is 6.18 Å². The van der Waals surface area contributed by atoms with Crippen LogP contribution in [-0.2, 0) is 0 Å². The fraction of sp³-hybridized carbons (Fsp3) is 0.188. The average Bonchev–Trinajstić information content (AvgIpc) is 2.52. The summed E-state index contributed by atoms with van der Waals surface area (Å²) in [7, 11) is 0. The van der Waals surface area contributed by atoms with E-state index in [-0.39, 0.29) is 16.4 Å². The van der Waals surface area contributed by atoms with Crippen molar-refractivity contribution >= 4 is 29.1 Å². The topological polar surface area (TPSA) is 59.1 Å². The number of hydrogen-bond donors (Lipinski definition) is 1. The quantitative estimate of drug-likeness (QED) is 0.646. The number of benzene rings is 1. The highest BCUT2D eigenvalue weighted by Crippen LogP contribution is 2.28. The number of carbonyl (C=O) groups is 2. The van der Waals surface area contributed by atoms with Crippen molar-refractivity contribution in [3.63, 3.8) is 0 Å². The molecule has 126 valence electrons. The Bertz CT molecular complexity index is 763. The van der Waals surface area contributed by atoms with Crippen LogP contribution in [0.25, 0.3) is 0 Å². The molecule has 0 unspecified atom stereocenters. The smallest absolute Gasteiger partial charge is 0.322 e. The summed E-state index contributed by atoms with van der Waals surface area (Å²) in [6.45, 7) is 1.40. The fourth-order valence-electron chi connectivity index (χ4n) is 1.84. The zero-order chi connectivity index (χ0) is 17.7. The Hall–Kier alpha value is -2.35. The second-order valence-corrected chi connectivity index (χ2v) is 5.82. The number of nitrogens with zero attached hydrogens (tertiary/aromatic N) is 1. The molecule has 0 bridgehead atoms. The lowest BCUT2D eigenvalue weighted by atomic mass is 10.1. The number of carbonyl (C=O) groups excluding carboxylic acids is 2. The van der Waals surface area contributed by atoms with Crippen molar-refractivity contribution in [1.29, 1.82) is 0 Å². The first-order valence-electron chi connectivity index (χ1n) is 6.83. The average molecular weight is 354 g/mol. The highest BCUT2D eigenvalue weighted by molar-refractivity contribution is 7.99. The minimum atomic E-state index is -4.36. The Morgan fingerprint density at radius 3 is 2.62 bits per heavy atom. The van der Waals surface area contributed by atoms with Crippen LogP contribution in [-0.4, -0.2) is 28.6 Å². The van der Waals surface area contributed by atoms with Gasteiger partial charge in [-0.3, -0.25) is 9.59 Å². The molecule has 24 heavy (non-hydrogen) atoms. The molecule has 0 fully saturated rings. The van der Waals surface area contributed by atoms with Gasteiger partial charge in [0.25, 0.3) is 5.91 Å². The van der Waals surface area contributed by atoms with Gasteiger partial charge in [-0.05, 0) is 31.2 Å². The van der Waals surface area contributed by atoms with Crippen LogP contribution in [0.3, 0.4) is 0 Å². The van der Waals surface area contributed by atoms with Gasteiger partial charge in [0.2, 0.25) is 0 Å². The maximum absolute atomic E-state index is 12.4. The molecule has 2 rings (SSSR count). The third kappa shape index (κ3) is 5.09. The van der Waals surface area contributed by atoms with E-state index >= 15 is 0 Å². The molecular formula is C16H13F3N2O2S. The van der Waals surface area contributed by atoms with Crippen molar-refractivity contribution in [3.05, 3.63) is 53.7 Å². The molecule has 0 saturated carbocycles. The summed E-state index contributed by atoms with van der Waals surface area (Å²) in [6.07, 6.45) is -3.03. The highest BCUT2D eigenvalue weighted by atomic mass is 32.2. The van der Waals surface area contributed by atoms with Gasteiger partial charge in [-0.25, -0.2) is 4.98 Å². The second-order valence-electron chi connectivity index (χ2n) is 4.85. The van der Waals surface area contributed by atoms with Gasteiger partial charge in [-0.15, -0.1) is 0 Å². The van der Waals surface area contributed by atoms with E-state index in [1.54, 1.807) is 18.2 Å². The third-order valence-electron chi connectivity index (χ3n) is 2.92. The van der Waals surface area contributed by atoms with Crippen LogP contribution in [0, 0.1) is 0 Å². The monoisotopic (exact) mass is 354 g/mol. The number of amides is 1. The number of pyridine rings is 1. The van der Waals surface area contributed by atoms with Crippen molar-refractivity contribution in [3.8, 4) is 0 Å². The molecule has 0 aliphatic heterocycles. The first-order valence-corrected chi connectivity index (χ1v) is 7.82. The first kappa shape index (κ1) is 18.0. The van der Waals surface area contributed by atoms with Gasteiger partial charge in [0.15, 0.2) is 5.78 Å². The molecule has 0 atom stereocenters. The predicted molar refractivity (Wildman–Crippen MR) is 85.4 cm³/mol. The van der Waals surface area contributed by atoms with Crippen molar-refractivity contribution < 1.29 is 22.8 Å². The number of hydrogen-bond acceptors (Lipinski definition) is 4. The van der Waals surface area contributed by atoms with E-state index in [2.05, 4.69) is 10.3 Å². The zero-order valence-corrected chi connectivity index (χ0v) is 13.4. The molecule has 0 aliphatic rings. The number of rotatable bonds is 5. The maximum atomic E-state index is 12.4. The van der Waals surface area contributed by atoms with E-state index < -0.39 is 17.8 Å². The molecule has 1 amide bonds. The standard InChI is InChI=1S/C16H13F3N2O2S/c1-10(22)11-4-2-5-12(8-11)21-14(23)13-6-3-7-20-15(13)24-9-16(17,18)19/h2-8H,9H2,1H3,(H,21,23). The van der Waals surface area contributed by atoms with Crippen molar-refractivity contribution in [2.75, 3.05) is 11.1 Å². The van der Waals surface area contributed by atoms with Gasteiger partial charge in [0.1, 0.15) is 5.03 Å². The van der Waals surface area contributed by atoms with E-state index in [9.17, 15) is 22.8 Å². The fourth-order valence-corrected chi connectivity index (χ4v) is 2.60. The van der Waals surface area contributed by atoms with E-state index in [4.69, 9.17) is 0 Å². The van der Waals surface area contributed by atoms with Gasteiger partial charge in [0.05, 0.1) is 11.3 Å². The highest BCUT2D eigenvalue weighted by Gasteiger charge is 2.28. The van der Waals surface area contributed by atoms with Crippen molar-refractivity contribution in [2.45, 2.75) is 18.1 Å². The van der Waals surface area contributed by atoms with Gasteiger partial charge in [0, 0.05) is 17.4 Å². The summed E-state index contributed by atoms with van der Waals surface area (Å²) in [5, 5.41) is 2.56. The lowest BCUT2D eigenvalue weighted by Gasteiger charge is -2.10. The number of ketones is 1. The summed E-state index contributed by atoms with van der Waals surface area (Å²) in [5.74, 6) is -1.88. The predicted octanol–water partition coefficient (Wildman–Crippen LogP) is 4.19. The number of nitrogens with one attached hydrogen (secondary N) is 1. The van der Waals surface area contributed by atoms with E-state index in [0.717, 1.165) is 0 Å². The van der Waals surface area contributed by atoms with Crippen LogP contribution < -0.4 is 5.32 Å². The van der Waals surface area contributed by atoms with Crippen LogP contribution in [0.2, 0.25) is 0 Å². The Kier molecular flexibility index (Phi) is 5.61. The molecule has 4 nitrogen and oxygen atoms in total. The summed E-state index contributed by atoms with van der Waals surface area (Å²) < 4.78 is 37.1. The first-order chi connectivity index (χ1) is 11.3. The molecule has 1 aromatic heterocycles. The molecule has 0 spiro atoms. The molecule has 0 saturated heterocycles. The SMILES string of the molecule is CC(=O)c1cccc(NC(=O)c2cccnc2SCC(F)(F)F)c1. The molecule has 2 aromatic rings. The minimum Gasteiger partial charge on any atom is -0.322 e. The van der Waals surface area contributed by atoms with Gasteiger partial charge in [-0.1, -0.05) is 23.9 Å². The summed E-state index contributed by atoms with van der Waals surface area (Å²) >= 11 is 0.450. The zero-order valence-electron chi connectivity index (χ0n) is 12.6. The molecule has 1 heterocycles. The Morgan fingerprint density at radius 1 is 1.21 bits per heavy atom. The third-order valence-corrected chi connectivity index (χ3v) is 3.99. The Morgan fingerprint density at radius 2 is 1.96 bits per heavy atom.